The maximum Gasteiger partial charge on any atom is 4.00 e. The molecule has 0 aromatic rings. The predicted molar refractivity (Wildman–Crippen MR) is 21.2 cm³/mol. The van der Waals surface area contributed by atoms with E-state index in [9.17, 15) is 0 Å². The van der Waals surface area contributed by atoms with Gasteiger partial charge in [0.25, 0.3) is 0 Å². The molecule has 0 unspecified atom stereocenters. The summed E-state index contributed by atoms with van der Waals surface area (Å²) in [5.74, 6) is 0. The van der Waals surface area contributed by atoms with Gasteiger partial charge < -0.3 is 27.8 Å². The molecule has 0 saturated heterocycles. The third-order valence-corrected chi connectivity index (χ3v) is 0. The van der Waals surface area contributed by atoms with Crippen LogP contribution in [0.4, 0.5) is 0 Å². The molecule has 0 radical (unpaired) electrons. The van der Waals surface area contributed by atoms with E-state index in [4.69, 9.17) is 0 Å². The van der Waals surface area contributed by atoms with Crippen LogP contribution in [0.3, 0.4) is 0 Å². The molecule has 38 valence electrons. The molecule has 0 aliphatic rings. The van der Waals surface area contributed by atoms with Gasteiger partial charge >= 0.3 is 21.1 Å². The monoisotopic (exact) mass is 257 g/mol. The van der Waals surface area contributed by atoms with Gasteiger partial charge in [0.15, 0.2) is 0 Å². The van der Waals surface area contributed by atoms with Crippen LogP contribution in [0.2, 0.25) is 0 Å². The molecule has 0 heterocycles. The molecule has 0 fully saturated rings. The first-order valence-corrected chi connectivity index (χ1v) is 0. The van der Waals surface area contributed by atoms with Crippen molar-refractivity contribution >= 4 is 0 Å². The van der Waals surface area contributed by atoms with Crippen LogP contribution in [0.25, 0.3) is 0 Å². The van der Waals surface area contributed by atoms with E-state index in [0.29, 0.717) is 0 Å². The van der Waals surface area contributed by atoms with Gasteiger partial charge in [0, 0.05) is 0 Å². The van der Waals surface area contributed by atoms with Gasteiger partial charge in [-0.2, -0.15) is 0 Å². The average Bonchev–Trinajstić information content (AvgIpc) is 0. The molecule has 0 amide bonds. The standard InChI is InChI=1S/3CH3.H2O.Pt/h3*1H3;1H2;/q3*-1;;+4/p-1. The Morgan fingerprint density at radius 1 is 0.600 bits per heavy atom. The van der Waals surface area contributed by atoms with Crippen molar-refractivity contribution in [1.29, 1.82) is 0 Å². The Bertz CT molecular complexity index is 6.85. The van der Waals surface area contributed by atoms with E-state index in [2.05, 4.69) is 0 Å². The van der Waals surface area contributed by atoms with E-state index in [1.54, 1.807) is 0 Å². The summed E-state index contributed by atoms with van der Waals surface area (Å²) < 4.78 is 0. The van der Waals surface area contributed by atoms with Crippen molar-refractivity contribution < 1.29 is 26.5 Å². The summed E-state index contributed by atoms with van der Waals surface area (Å²) in [6, 6.07) is 0. The Morgan fingerprint density at radius 3 is 0.600 bits per heavy atom. The minimum absolute atomic E-state index is 0. The zero-order valence-corrected chi connectivity index (χ0v) is 6.04. The largest absolute Gasteiger partial charge is 4.00 e. The maximum absolute atomic E-state index is 0. The van der Waals surface area contributed by atoms with Gasteiger partial charge in [-0.1, -0.05) is 0 Å². The van der Waals surface area contributed by atoms with Crippen LogP contribution in [0.5, 0.6) is 0 Å². The van der Waals surface area contributed by atoms with Crippen molar-refractivity contribution in [2.75, 3.05) is 0 Å². The maximum atomic E-state index is 0. The van der Waals surface area contributed by atoms with Crippen molar-refractivity contribution in [1.82, 2.24) is 0 Å². The summed E-state index contributed by atoms with van der Waals surface area (Å²) in [6.45, 7) is 0. The Morgan fingerprint density at radius 2 is 0.600 bits per heavy atom. The topological polar surface area (TPSA) is 30.0 Å². The molecule has 0 saturated carbocycles. The number of rotatable bonds is 0. The normalized spacial score (nSPS) is 0. The van der Waals surface area contributed by atoms with Gasteiger partial charge in [-0.25, -0.2) is 0 Å². The van der Waals surface area contributed by atoms with Crippen LogP contribution < -0.4 is 0 Å². The van der Waals surface area contributed by atoms with E-state index < -0.39 is 0 Å². The first-order valence-electron chi connectivity index (χ1n) is 0. The fraction of sp³-hybridized carbons (Fsp3) is 0. The first kappa shape index (κ1) is 290. The van der Waals surface area contributed by atoms with Crippen molar-refractivity contribution in [3.05, 3.63) is 22.3 Å². The van der Waals surface area contributed by atoms with Crippen LogP contribution in [0.1, 0.15) is 0 Å². The molecule has 2 heteroatoms. The summed E-state index contributed by atoms with van der Waals surface area (Å²) in [5.41, 5.74) is 0. The summed E-state index contributed by atoms with van der Waals surface area (Å²) in [4.78, 5) is 0. The molecular formula is C3H10OPt. The molecule has 1 nitrogen and oxygen atoms in total. The molecule has 0 aromatic carbocycles. The molecule has 1 N–H and O–H groups in total. The minimum atomic E-state index is 0. The zero-order chi connectivity index (χ0) is 0. The van der Waals surface area contributed by atoms with E-state index in [1.807, 2.05) is 0 Å². The summed E-state index contributed by atoms with van der Waals surface area (Å²) in [5, 5.41) is 0. The molecule has 0 aliphatic heterocycles. The van der Waals surface area contributed by atoms with Crippen LogP contribution in [0.15, 0.2) is 0 Å². The number of hydrogen-bond acceptors (Lipinski definition) is 1. The van der Waals surface area contributed by atoms with Crippen molar-refractivity contribution in [2.24, 2.45) is 0 Å². The number of hydrogen-bond donors (Lipinski definition) is 0. The Kier molecular flexibility index (Phi) is 8550. The van der Waals surface area contributed by atoms with E-state index >= 15 is 0 Å². The van der Waals surface area contributed by atoms with Gasteiger partial charge in [0.1, 0.15) is 0 Å². The van der Waals surface area contributed by atoms with Gasteiger partial charge in [0.2, 0.25) is 0 Å². The Hall–Kier alpha value is 0.648. The van der Waals surface area contributed by atoms with Crippen LogP contribution in [0, 0.1) is 22.3 Å². The SMILES string of the molecule is [CH3-].[CH3-].[CH3-].[OH-].[Pt+4]. The third kappa shape index (κ3) is 77.6. The molecule has 0 rings (SSSR count). The van der Waals surface area contributed by atoms with E-state index in [-0.39, 0.29) is 48.8 Å². The first-order chi connectivity index (χ1) is 0. The van der Waals surface area contributed by atoms with Crippen molar-refractivity contribution in [3.8, 4) is 0 Å². The van der Waals surface area contributed by atoms with Crippen molar-refractivity contribution in [3.63, 3.8) is 0 Å². The molecule has 0 bridgehead atoms. The fourth-order valence-corrected chi connectivity index (χ4v) is 0. The summed E-state index contributed by atoms with van der Waals surface area (Å²) in [7, 11) is 0. The molecule has 0 aliphatic carbocycles. The summed E-state index contributed by atoms with van der Waals surface area (Å²) in [6.07, 6.45) is 0. The van der Waals surface area contributed by atoms with Crippen LogP contribution >= 0.6 is 0 Å². The quantitative estimate of drug-likeness (QED) is 0.599. The second-order valence-corrected chi connectivity index (χ2v) is 0. The van der Waals surface area contributed by atoms with Gasteiger partial charge in [-0.05, 0) is 0 Å². The van der Waals surface area contributed by atoms with E-state index in [0.717, 1.165) is 0 Å². The van der Waals surface area contributed by atoms with Crippen molar-refractivity contribution in [2.45, 2.75) is 0 Å². The Balaban J connectivity index is 0. The molecular weight excluding hydrogens is 247 g/mol. The molecule has 0 atom stereocenters. The molecule has 0 spiro atoms. The Labute approximate surface area is 49.3 Å². The molecule has 5 heavy (non-hydrogen) atoms. The van der Waals surface area contributed by atoms with Gasteiger partial charge in [-0.15, -0.1) is 0 Å². The van der Waals surface area contributed by atoms with Crippen LogP contribution in [-0.2, 0) is 21.1 Å². The van der Waals surface area contributed by atoms with Gasteiger partial charge in [0.05, 0.1) is 0 Å². The van der Waals surface area contributed by atoms with Crippen LogP contribution in [-0.4, -0.2) is 5.48 Å². The summed E-state index contributed by atoms with van der Waals surface area (Å²) >= 11 is 0. The average molecular weight is 257 g/mol. The zero-order valence-electron chi connectivity index (χ0n) is 3.76. The minimum Gasteiger partial charge on any atom is -0.870 e. The fourth-order valence-electron chi connectivity index (χ4n) is 0. The third-order valence-electron chi connectivity index (χ3n) is 0. The van der Waals surface area contributed by atoms with Gasteiger partial charge in [-0.3, -0.25) is 0 Å². The molecule has 0 aromatic heterocycles. The second-order valence-electron chi connectivity index (χ2n) is 0. The smallest absolute Gasteiger partial charge is 0.870 e. The van der Waals surface area contributed by atoms with E-state index in [1.165, 1.54) is 0 Å². The second kappa shape index (κ2) is 147. The predicted octanol–water partition coefficient (Wildman–Crippen LogP) is 1.17.